The third-order valence-electron chi connectivity index (χ3n) is 8.46. The molecule has 3 aliphatic rings. The van der Waals surface area contributed by atoms with E-state index in [9.17, 15) is 20.4 Å². The van der Waals surface area contributed by atoms with Crippen molar-refractivity contribution in [2.45, 2.75) is 83.0 Å². The number of hydrogen-bond donors (Lipinski definition) is 4. The standard InChI is InChI=1S/C20H36O5/c1-14-4-5-15-17(2,12-22)16(24)6-7-18(15,3)20(14)9-8-19(13-23,25-20)10-11-21/h14-16,21-24H,4-13H2,1-3H3/t14-,15+,16+,17+,18+,19-,20-/m1/s1. The maximum Gasteiger partial charge on any atom is 0.0942 e. The molecule has 0 radical (unpaired) electrons. The van der Waals surface area contributed by atoms with Crippen LogP contribution in [0.5, 0.6) is 0 Å². The molecule has 4 N–H and O–H groups in total. The largest absolute Gasteiger partial charge is 0.396 e. The van der Waals surface area contributed by atoms with Crippen molar-refractivity contribution in [3.63, 3.8) is 0 Å². The molecule has 3 fully saturated rings. The SMILES string of the molecule is C[C@@H]1CC[C@H]2[C@](C)(CO)[C@@H](O)CC[C@]2(C)[C@@]12CC[C@](CO)(CCO)O2. The molecule has 1 spiro atoms. The first-order valence-corrected chi connectivity index (χ1v) is 9.94. The normalized spacial score (nSPS) is 53.2. The van der Waals surface area contributed by atoms with Gasteiger partial charge in [0.2, 0.25) is 0 Å². The Morgan fingerprint density at radius 1 is 0.960 bits per heavy atom. The van der Waals surface area contributed by atoms with Crippen LogP contribution in [0.4, 0.5) is 0 Å². The van der Waals surface area contributed by atoms with Gasteiger partial charge in [-0.2, -0.15) is 0 Å². The summed E-state index contributed by atoms with van der Waals surface area (Å²) in [6.07, 6.45) is 5.15. The van der Waals surface area contributed by atoms with Crippen molar-refractivity contribution in [1.29, 1.82) is 0 Å². The Kier molecular flexibility index (Phi) is 5.05. The molecule has 1 aliphatic heterocycles. The third-order valence-corrected chi connectivity index (χ3v) is 8.46. The molecule has 2 saturated carbocycles. The van der Waals surface area contributed by atoms with E-state index in [1.807, 2.05) is 6.92 Å². The first-order valence-electron chi connectivity index (χ1n) is 9.94. The molecule has 0 unspecified atom stereocenters. The van der Waals surface area contributed by atoms with Crippen molar-refractivity contribution in [3.05, 3.63) is 0 Å². The number of aliphatic hydroxyl groups is 4. The Labute approximate surface area is 151 Å². The minimum absolute atomic E-state index is 0.0121. The molecule has 2 aliphatic carbocycles. The molecular weight excluding hydrogens is 320 g/mol. The Hall–Kier alpha value is -0.200. The van der Waals surface area contributed by atoms with Gasteiger partial charge in [0, 0.05) is 23.9 Å². The minimum Gasteiger partial charge on any atom is -0.396 e. The van der Waals surface area contributed by atoms with Crippen LogP contribution in [0.15, 0.2) is 0 Å². The average Bonchev–Trinajstić information content (AvgIpc) is 2.99. The van der Waals surface area contributed by atoms with Crippen LogP contribution in [0, 0.1) is 22.7 Å². The molecule has 0 aromatic heterocycles. The summed E-state index contributed by atoms with van der Waals surface area (Å²) in [6.45, 7) is 6.47. The number of hydrogen-bond acceptors (Lipinski definition) is 5. The summed E-state index contributed by atoms with van der Waals surface area (Å²) in [6, 6.07) is 0. The molecule has 0 amide bonds. The Bertz CT molecular complexity index is 498. The highest BCUT2D eigenvalue weighted by molar-refractivity contribution is 5.17. The van der Waals surface area contributed by atoms with Crippen molar-refractivity contribution in [1.82, 2.24) is 0 Å². The molecule has 146 valence electrons. The summed E-state index contributed by atoms with van der Waals surface area (Å²) < 4.78 is 6.75. The maximum absolute atomic E-state index is 10.6. The zero-order valence-corrected chi connectivity index (χ0v) is 16.0. The quantitative estimate of drug-likeness (QED) is 0.617. The van der Waals surface area contributed by atoms with E-state index in [4.69, 9.17) is 4.74 Å². The van der Waals surface area contributed by atoms with Gasteiger partial charge in [-0.25, -0.2) is 0 Å². The second kappa shape index (κ2) is 6.45. The van der Waals surface area contributed by atoms with E-state index >= 15 is 0 Å². The second-order valence-corrected chi connectivity index (χ2v) is 9.47. The van der Waals surface area contributed by atoms with Crippen LogP contribution in [0.2, 0.25) is 0 Å². The summed E-state index contributed by atoms with van der Waals surface area (Å²) in [5.74, 6) is 0.549. The molecule has 0 bridgehead atoms. The zero-order valence-electron chi connectivity index (χ0n) is 16.0. The Balaban J connectivity index is 2.02. The number of fused-ring (bicyclic) bond motifs is 2. The van der Waals surface area contributed by atoms with Gasteiger partial charge in [-0.05, 0) is 50.4 Å². The van der Waals surface area contributed by atoms with Crippen molar-refractivity contribution in [2.24, 2.45) is 22.7 Å². The molecule has 25 heavy (non-hydrogen) atoms. The highest BCUT2D eigenvalue weighted by Gasteiger charge is 2.68. The lowest BCUT2D eigenvalue weighted by atomic mass is 9.43. The van der Waals surface area contributed by atoms with Crippen molar-refractivity contribution in [3.8, 4) is 0 Å². The predicted octanol–water partition coefficient (Wildman–Crippen LogP) is 1.85. The number of rotatable bonds is 4. The molecule has 1 saturated heterocycles. The summed E-state index contributed by atoms with van der Waals surface area (Å²) in [5.41, 5.74) is -1.66. The van der Waals surface area contributed by atoms with Gasteiger partial charge < -0.3 is 25.2 Å². The molecule has 0 aromatic rings. The van der Waals surface area contributed by atoms with Gasteiger partial charge in [0.25, 0.3) is 0 Å². The van der Waals surface area contributed by atoms with E-state index < -0.39 is 17.1 Å². The van der Waals surface area contributed by atoms with E-state index in [2.05, 4.69) is 13.8 Å². The van der Waals surface area contributed by atoms with E-state index in [1.165, 1.54) is 0 Å². The molecule has 7 atom stereocenters. The summed E-state index contributed by atoms with van der Waals surface area (Å²) in [4.78, 5) is 0. The van der Waals surface area contributed by atoms with Gasteiger partial charge in [0.05, 0.1) is 30.5 Å². The van der Waals surface area contributed by atoms with Gasteiger partial charge in [-0.15, -0.1) is 0 Å². The summed E-state index contributed by atoms with van der Waals surface area (Å²) in [7, 11) is 0. The molecule has 0 aromatic carbocycles. The summed E-state index contributed by atoms with van der Waals surface area (Å²) in [5, 5.41) is 40.2. The Morgan fingerprint density at radius 3 is 2.28 bits per heavy atom. The van der Waals surface area contributed by atoms with Crippen LogP contribution < -0.4 is 0 Å². The highest BCUT2D eigenvalue weighted by Crippen LogP contribution is 2.67. The molecule has 5 heteroatoms. The van der Waals surface area contributed by atoms with Crippen molar-refractivity contribution in [2.75, 3.05) is 19.8 Å². The van der Waals surface area contributed by atoms with Gasteiger partial charge in [0.1, 0.15) is 0 Å². The molecular formula is C20H36O5. The molecule has 1 heterocycles. The first-order chi connectivity index (χ1) is 11.7. The summed E-state index contributed by atoms with van der Waals surface area (Å²) >= 11 is 0. The lowest BCUT2D eigenvalue weighted by Gasteiger charge is -2.65. The maximum atomic E-state index is 10.6. The fourth-order valence-corrected chi connectivity index (χ4v) is 6.70. The van der Waals surface area contributed by atoms with Gasteiger partial charge in [-0.3, -0.25) is 0 Å². The number of ether oxygens (including phenoxy) is 1. The predicted molar refractivity (Wildman–Crippen MR) is 95.0 cm³/mol. The molecule has 5 nitrogen and oxygen atoms in total. The fraction of sp³-hybridized carbons (Fsp3) is 1.00. The van der Waals surface area contributed by atoms with Crippen LogP contribution in [-0.2, 0) is 4.74 Å². The highest BCUT2D eigenvalue weighted by atomic mass is 16.5. The lowest BCUT2D eigenvalue weighted by molar-refractivity contribution is -0.272. The van der Waals surface area contributed by atoms with Gasteiger partial charge >= 0.3 is 0 Å². The van der Waals surface area contributed by atoms with Crippen molar-refractivity contribution < 1.29 is 25.2 Å². The fourth-order valence-electron chi connectivity index (χ4n) is 6.70. The van der Waals surface area contributed by atoms with Crippen LogP contribution in [0.25, 0.3) is 0 Å². The average molecular weight is 357 g/mol. The monoisotopic (exact) mass is 356 g/mol. The van der Waals surface area contributed by atoms with Crippen molar-refractivity contribution >= 4 is 0 Å². The third kappa shape index (κ3) is 2.53. The van der Waals surface area contributed by atoms with Gasteiger partial charge in [0.15, 0.2) is 0 Å². The van der Waals surface area contributed by atoms with Crippen LogP contribution >= 0.6 is 0 Å². The van der Waals surface area contributed by atoms with E-state index in [-0.39, 0.29) is 36.8 Å². The van der Waals surface area contributed by atoms with E-state index in [0.717, 1.165) is 32.1 Å². The van der Waals surface area contributed by atoms with E-state index in [0.29, 0.717) is 18.8 Å². The van der Waals surface area contributed by atoms with Crippen LogP contribution in [0.1, 0.15) is 65.7 Å². The Morgan fingerprint density at radius 2 is 1.68 bits per heavy atom. The molecule has 3 rings (SSSR count). The zero-order chi connectivity index (χ0) is 18.5. The first kappa shape index (κ1) is 19.6. The topological polar surface area (TPSA) is 90.2 Å². The second-order valence-electron chi connectivity index (χ2n) is 9.47. The van der Waals surface area contributed by atoms with Gasteiger partial charge in [-0.1, -0.05) is 20.8 Å². The van der Waals surface area contributed by atoms with Crippen LogP contribution in [0.3, 0.4) is 0 Å². The lowest BCUT2D eigenvalue weighted by Crippen LogP contribution is -2.66. The van der Waals surface area contributed by atoms with Crippen LogP contribution in [-0.4, -0.2) is 57.6 Å². The smallest absolute Gasteiger partial charge is 0.0942 e. The van der Waals surface area contributed by atoms with E-state index in [1.54, 1.807) is 0 Å². The minimum atomic E-state index is -0.653. The number of aliphatic hydroxyl groups excluding tert-OH is 4.